The summed E-state index contributed by atoms with van der Waals surface area (Å²) in [4.78, 5) is 2.15. The lowest BCUT2D eigenvalue weighted by molar-refractivity contribution is 0.306. The van der Waals surface area contributed by atoms with E-state index >= 15 is 0 Å². The molecule has 0 heterocycles. The molecule has 2 N–H and O–H groups in total. The third-order valence-corrected chi connectivity index (χ3v) is 3.29. The number of anilines is 1. The third kappa shape index (κ3) is 3.92. The van der Waals surface area contributed by atoms with Gasteiger partial charge in [0.2, 0.25) is 0 Å². The lowest BCUT2D eigenvalue weighted by atomic mass is 10.1. The average Bonchev–Trinajstić information content (AvgIpc) is 2.46. The first-order chi connectivity index (χ1) is 9.97. The van der Waals surface area contributed by atoms with Crippen LogP contribution in [0, 0.1) is 5.82 Å². The Kier molecular flexibility index (Phi) is 4.75. The predicted octanol–water partition coefficient (Wildman–Crippen LogP) is 3.10. The van der Waals surface area contributed by atoms with Gasteiger partial charge in [-0.2, -0.15) is 0 Å². The summed E-state index contributed by atoms with van der Waals surface area (Å²) < 4.78 is 19.0. The molecule has 0 aromatic heterocycles. The zero-order valence-corrected chi connectivity index (χ0v) is 12.8. The molecule has 0 atom stereocenters. The minimum absolute atomic E-state index is 0.162. The quantitative estimate of drug-likeness (QED) is 0.862. The van der Waals surface area contributed by atoms with Gasteiger partial charge in [-0.05, 0) is 29.8 Å². The SMILES string of the molecule is CN(C)c1cccc(OCc2ccc(F)cc2C(N)=S)c1. The van der Waals surface area contributed by atoms with Crippen LogP contribution in [0.15, 0.2) is 42.5 Å². The van der Waals surface area contributed by atoms with E-state index in [1.54, 1.807) is 6.07 Å². The number of ether oxygens (including phenoxy) is 1. The molecule has 0 unspecified atom stereocenters. The van der Waals surface area contributed by atoms with Crippen LogP contribution in [0.4, 0.5) is 10.1 Å². The summed E-state index contributed by atoms with van der Waals surface area (Å²) in [5, 5.41) is 0. The zero-order chi connectivity index (χ0) is 15.4. The molecule has 2 rings (SSSR count). The van der Waals surface area contributed by atoms with Crippen molar-refractivity contribution in [3.63, 3.8) is 0 Å². The third-order valence-electron chi connectivity index (χ3n) is 3.07. The molecule has 0 fully saturated rings. The van der Waals surface area contributed by atoms with E-state index in [-0.39, 0.29) is 17.4 Å². The van der Waals surface area contributed by atoms with E-state index in [0.29, 0.717) is 5.56 Å². The van der Waals surface area contributed by atoms with E-state index in [2.05, 4.69) is 0 Å². The largest absolute Gasteiger partial charge is 0.489 e. The van der Waals surface area contributed by atoms with E-state index in [1.807, 2.05) is 43.3 Å². The maximum absolute atomic E-state index is 13.3. The minimum Gasteiger partial charge on any atom is -0.489 e. The van der Waals surface area contributed by atoms with Gasteiger partial charge in [-0.3, -0.25) is 0 Å². The van der Waals surface area contributed by atoms with Crippen LogP contribution in [0.5, 0.6) is 5.75 Å². The van der Waals surface area contributed by atoms with Crippen LogP contribution in [-0.4, -0.2) is 19.1 Å². The van der Waals surface area contributed by atoms with Crippen LogP contribution < -0.4 is 15.4 Å². The molecule has 110 valence electrons. The van der Waals surface area contributed by atoms with Crippen molar-refractivity contribution in [2.75, 3.05) is 19.0 Å². The van der Waals surface area contributed by atoms with Crippen molar-refractivity contribution >= 4 is 22.9 Å². The van der Waals surface area contributed by atoms with Gasteiger partial charge in [0.05, 0.1) is 0 Å². The molecule has 0 aliphatic carbocycles. The first kappa shape index (κ1) is 15.3. The maximum Gasteiger partial charge on any atom is 0.123 e. The number of benzene rings is 2. The molecule has 0 saturated carbocycles. The summed E-state index contributed by atoms with van der Waals surface area (Å²) in [7, 11) is 3.92. The number of thiocarbonyl (C=S) groups is 1. The highest BCUT2D eigenvalue weighted by Crippen LogP contribution is 2.21. The van der Waals surface area contributed by atoms with Gasteiger partial charge in [0.1, 0.15) is 23.2 Å². The number of nitrogens with zero attached hydrogens (tertiary/aromatic N) is 1. The Balaban J connectivity index is 2.17. The van der Waals surface area contributed by atoms with Crippen molar-refractivity contribution in [2.24, 2.45) is 5.73 Å². The van der Waals surface area contributed by atoms with E-state index in [9.17, 15) is 4.39 Å². The molecule has 0 saturated heterocycles. The number of halogens is 1. The van der Waals surface area contributed by atoms with Crippen molar-refractivity contribution < 1.29 is 9.13 Å². The van der Waals surface area contributed by atoms with Crippen molar-refractivity contribution in [3.8, 4) is 5.75 Å². The van der Waals surface area contributed by atoms with Crippen LogP contribution in [0.2, 0.25) is 0 Å². The molecular formula is C16H17FN2OS. The normalized spacial score (nSPS) is 10.2. The summed E-state index contributed by atoms with van der Waals surface area (Å²) in [6.07, 6.45) is 0. The number of hydrogen-bond acceptors (Lipinski definition) is 3. The number of nitrogens with two attached hydrogens (primary N) is 1. The monoisotopic (exact) mass is 304 g/mol. The highest BCUT2D eigenvalue weighted by Gasteiger charge is 2.08. The summed E-state index contributed by atoms with van der Waals surface area (Å²) in [6, 6.07) is 12.1. The second-order valence-electron chi connectivity index (χ2n) is 4.85. The number of rotatable bonds is 5. The summed E-state index contributed by atoms with van der Waals surface area (Å²) in [5.41, 5.74) is 7.93. The summed E-state index contributed by atoms with van der Waals surface area (Å²) >= 11 is 4.94. The standard InChI is InChI=1S/C16H17FN2OS/c1-19(2)13-4-3-5-14(9-13)20-10-11-6-7-12(17)8-15(11)16(18)21/h3-9H,10H2,1-2H3,(H2,18,21). The van der Waals surface area contributed by atoms with Gasteiger partial charge < -0.3 is 15.4 Å². The molecule has 21 heavy (non-hydrogen) atoms. The van der Waals surface area contributed by atoms with Crippen molar-refractivity contribution in [2.45, 2.75) is 6.61 Å². The Morgan fingerprint density at radius 3 is 2.67 bits per heavy atom. The van der Waals surface area contributed by atoms with E-state index < -0.39 is 0 Å². The lowest BCUT2D eigenvalue weighted by Crippen LogP contribution is -2.14. The fraction of sp³-hybridized carbons (Fsp3) is 0.188. The van der Waals surface area contributed by atoms with Crippen LogP contribution in [0.25, 0.3) is 0 Å². The first-order valence-corrected chi connectivity index (χ1v) is 6.86. The van der Waals surface area contributed by atoms with Crippen LogP contribution in [0.3, 0.4) is 0 Å². The smallest absolute Gasteiger partial charge is 0.123 e. The molecule has 0 aliphatic rings. The fourth-order valence-electron chi connectivity index (χ4n) is 1.92. The molecular weight excluding hydrogens is 287 g/mol. The molecule has 2 aromatic rings. The Labute approximate surface area is 129 Å². The van der Waals surface area contributed by atoms with E-state index in [0.717, 1.165) is 17.0 Å². The molecule has 0 aliphatic heterocycles. The second-order valence-corrected chi connectivity index (χ2v) is 5.29. The maximum atomic E-state index is 13.3. The van der Waals surface area contributed by atoms with Gasteiger partial charge in [0, 0.05) is 31.4 Å². The van der Waals surface area contributed by atoms with Crippen LogP contribution >= 0.6 is 12.2 Å². The Morgan fingerprint density at radius 1 is 1.24 bits per heavy atom. The highest BCUT2D eigenvalue weighted by atomic mass is 32.1. The fourth-order valence-corrected chi connectivity index (χ4v) is 2.11. The van der Waals surface area contributed by atoms with Gasteiger partial charge in [0.15, 0.2) is 0 Å². The second kappa shape index (κ2) is 6.54. The van der Waals surface area contributed by atoms with Gasteiger partial charge in [-0.25, -0.2) is 4.39 Å². The lowest BCUT2D eigenvalue weighted by Gasteiger charge is -2.15. The molecule has 0 spiro atoms. The molecule has 0 bridgehead atoms. The van der Waals surface area contributed by atoms with Gasteiger partial charge in [0.25, 0.3) is 0 Å². The molecule has 0 radical (unpaired) electrons. The van der Waals surface area contributed by atoms with Crippen LogP contribution in [-0.2, 0) is 6.61 Å². The van der Waals surface area contributed by atoms with Gasteiger partial charge in [-0.15, -0.1) is 0 Å². The summed E-state index contributed by atoms with van der Waals surface area (Å²) in [5.74, 6) is 0.371. The van der Waals surface area contributed by atoms with Gasteiger partial charge >= 0.3 is 0 Å². The zero-order valence-electron chi connectivity index (χ0n) is 12.0. The van der Waals surface area contributed by atoms with E-state index in [1.165, 1.54) is 12.1 Å². The number of hydrogen-bond donors (Lipinski definition) is 1. The van der Waals surface area contributed by atoms with E-state index in [4.69, 9.17) is 22.7 Å². The highest BCUT2D eigenvalue weighted by molar-refractivity contribution is 7.80. The average molecular weight is 304 g/mol. The van der Waals surface area contributed by atoms with Crippen molar-refractivity contribution in [3.05, 3.63) is 59.4 Å². The molecule has 2 aromatic carbocycles. The summed E-state index contributed by atoms with van der Waals surface area (Å²) in [6.45, 7) is 0.282. The minimum atomic E-state index is -0.365. The van der Waals surface area contributed by atoms with Crippen molar-refractivity contribution in [1.82, 2.24) is 0 Å². The van der Waals surface area contributed by atoms with Crippen molar-refractivity contribution in [1.29, 1.82) is 0 Å². The topological polar surface area (TPSA) is 38.5 Å². The van der Waals surface area contributed by atoms with Gasteiger partial charge in [-0.1, -0.05) is 24.4 Å². The predicted molar refractivity (Wildman–Crippen MR) is 87.4 cm³/mol. The first-order valence-electron chi connectivity index (χ1n) is 6.46. The molecule has 5 heteroatoms. The Morgan fingerprint density at radius 2 is 2.00 bits per heavy atom. The van der Waals surface area contributed by atoms with Crippen LogP contribution in [0.1, 0.15) is 11.1 Å². The Hall–Kier alpha value is -2.14. The Bertz CT molecular complexity index is 658. The molecule has 0 amide bonds. The molecule has 3 nitrogen and oxygen atoms in total.